The molecule has 0 aliphatic carbocycles. The summed E-state index contributed by atoms with van der Waals surface area (Å²) in [6.07, 6.45) is 1.14. The van der Waals surface area contributed by atoms with Crippen LogP contribution in [0.3, 0.4) is 0 Å². The fraction of sp³-hybridized carbons (Fsp3) is 0.500. The van der Waals surface area contributed by atoms with Gasteiger partial charge in [-0.3, -0.25) is 14.9 Å². The summed E-state index contributed by atoms with van der Waals surface area (Å²) in [5.74, 6) is 0.542. The monoisotopic (exact) mass is 275 g/mol. The summed E-state index contributed by atoms with van der Waals surface area (Å²) in [6, 6.07) is 6.74. The molecule has 0 unspecified atom stereocenters. The highest BCUT2D eigenvalue weighted by Gasteiger charge is 2.39. The van der Waals surface area contributed by atoms with E-state index in [2.05, 4.69) is 5.32 Å². The zero-order valence-corrected chi connectivity index (χ0v) is 11.1. The maximum absolute atomic E-state index is 12.4. The van der Waals surface area contributed by atoms with Crippen molar-refractivity contribution in [3.05, 3.63) is 39.9 Å². The molecule has 106 valence electrons. The SMILES string of the molecule is O=C(Cc1ccccc1[N+](=O)[O-])N1CC[C@H]2CNC[C@H]21. The summed E-state index contributed by atoms with van der Waals surface area (Å²) < 4.78 is 0. The van der Waals surface area contributed by atoms with Crippen molar-refractivity contribution < 1.29 is 9.72 Å². The maximum Gasteiger partial charge on any atom is 0.273 e. The zero-order chi connectivity index (χ0) is 14.1. The second-order valence-electron chi connectivity index (χ2n) is 5.42. The molecule has 1 N–H and O–H groups in total. The highest BCUT2D eigenvalue weighted by Crippen LogP contribution is 2.28. The van der Waals surface area contributed by atoms with Gasteiger partial charge in [0.05, 0.1) is 11.3 Å². The van der Waals surface area contributed by atoms with Crippen molar-refractivity contribution in [2.45, 2.75) is 18.9 Å². The van der Waals surface area contributed by atoms with E-state index in [0.717, 1.165) is 26.1 Å². The first-order valence-electron chi connectivity index (χ1n) is 6.89. The Hall–Kier alpha value is -1.95. The number of benzene rings is 1. The molecule has 0 aromatic heterocycles. The number of nitro groups is 1. The number of nitrogens with zero attached hydrogens (tertiary/aromatic N) is 2. The van der Waals surface area contributed by atoms with Gasteiger partial charge in [-0.05, 0) is 12.3 Å². The summed E-state index contributed by atoms with van der Waals surface area (Å²) in [5.41, 5.74) is 0.526. The molecule has 0 bridgehead atoms. The number of hydrogen-bond acceptors (Lipinski definition) is 4. The van der Waals surface area contributed by atoms with Crippen molar-refractivity contribution in [3.63, 3.8) is 0 Å². The Balaban J connectivity index is 1.75. The summed E-state index contributed by atoms with van der Waals surface area (Å²) in [4.78, 5) is 24.9. The Labute approximate surface area is 116 Å². The number of carbonyl (C=O) groups is 1. The third-order valence-corrected chi connectivity index (χ3v) is 4.30. The van der Waals surface area contributed by atoms with Crippen molar-refractivity contribution in [1.29, 1.82) is 0 Å². The predicted molar refractivity (Wildman–Crippen MR) is 73.3 cm³/mol. The largest absolute Gasteiger partial charge is 0.338 e. The lowest BCUT2D eigenvalue weighted by atomic mass is 10.0. The van der Waals surface area contributed by atoms with Crippen LogP contribution in [-0.4, -0.2) is 41.4 Å². The molecular weight excluding hydrogens is 258 g/mol. The number of nitro benzene ring substituents is 1. The lowest BCUT2D eigenvalue weighted by molar-refractivity contribution is -0.385. The van der Waals surface area contributed by atoms with Crippen LogP contribution >= 0.6 is 0 Å². The van der Waals surface area contributed by atoms with Crippen molar-refractivity contribution in [2.75, 3.05) is 19.6 Å². The van der Waals surface area contributed by atoms with Crippen LogP contribution in [0.1, 0.15) is 12.0 Å². The second-order valence-corrected chi connectivity index (χ2v) is 5.42. The third kappa shape index (κ3) is 2.27. The van der Waals surface area contributed by atoms with Crippen LogP contribution in [0, 0.1) is 16.0 Å². The van der Waals surface area contributed by atoms with Gasteiger partial charge >= 0.3 is 0 Å². The minimum atomic E-state index is -0.424. The Morgan fingerprint density at radius 2 is 2.20 bits per heavy atom. The molecule has 1 amide bonds. The summed E-state index contributed by atoms with van der Waals surface area (Å²) in [7, 11) is 0. The fourth-order valence-corrected chi connectivity index (χ4v) is 3.26. The van der Waals surface area contributed by atoms with Crippen molar-refractivity contribution in [2.24, 2.45) is 5.92 Å². The fourth-order valence-electron chi connectivity index (χ4n) is 3.26. The molecule has 1 aromatic rings. The first-order chi connectivity index (χ1) is 9.66. The first kappa shape index (κ1) is 13.1. The molecule has 3 rings (SSSR count). The van der Waals surface area contributed by atoms with Gasteiger partial charge in [0.25, 0.3) is 5.69 Å². The quantitative estimate of drug-likeness (QED) is 0.658. The van der Waals surface area contributed by atoms with Gasteiger partial charge in [-0.25, -0.2) is 0 Å². The Morgan fingerprint density at radius 1 is 1.40 bits per heavy atom. The van der Waals surface area contributed by atoms with Gasteiger partial charge in [-0.15, -0.1) is 0 Å². The van der Waals surface area contributed by atoms with Crippen LogP contribution in [0.15, 0.2) is 24.3 Å². The first-order valence-corrected chi connectivity index (χ1v) is 6.89. The molecule has 2 saturated heterocycles. The highest BCUT2D eigenvalue weighted by atomic mass is 16.6. The van der Waals surface area contributed by atoms with E-state index in [1.807, 2.05) is 4.90 Å². The number of amides is 1. The molecule has 2 atom stereocenters. The molecule has 20 heavy (non-hydrogen) atoms. The van der Waals surface area contributed by atoms with E-state index < -0.39 is 4.92 Å². The van der Waals surface area contributed by atoms with Crippen LogP contribution in [-0.2, 0) is 11.2 Å². The average molecular weight is 275 g/mol. The van der Waals surface area contributed by atoms with E-state index in [4.69, 9.17) is 0 Å². The third-order valence-electron chi connectivity index (χ3n) is 4.30. The lowest BCUT2D eigenvalue weighted by Gasteiger charge is -2.23. The van der Waals surface area contributed by atoms with Gasteiger partial charge in [-0.2, -0.15) is 0 Å². The van der Waals surface area contributed by atoms with Crippen LogP contribution in [0.25, 0.3) is 0 Å². The van der Waals surface area contributed by atoms with Crippen molar-refractivity contribution in [3.8, 4) is 0 Å². The molecule has 6 nitrogen and oxygen atoms in total. The van der Waals surface area contributed by atoms with Gasteiger partial charge in [0.1, 0.15) is 0 Å². The lowest BCUT2D eigenvalue weighted by Crippen LogP contribution is -2.39. The molecule has 2 heterocycles. The van der Waals surface area contributed by atoms with E-state index in [1.54, 1.807) is 18.2 Å². The molecule has 2 aliphatic rings. The van der Waals surface area contributed by atoms with Crippen molar-refractivity contribution in [1.82, 2.24) is 10.2 Å². The van der Waals surface area contributed by atoms with Crippen LogP contribution in [0.4, 0.5) is 5.69 Å². The average Bonchev–Trinajstić information content (AvgIpc) is 3.01. The van der Waals surface area contributed by atoms with Crippen LogP contribution in [0.5, 0.6) is 0 Å². The smallest absolute Gasteiger partial charge is 0.273 e. The van der Waals surface area contributed by atoms with E-state index in [1.165, 1.54) is 6.07 Å². The molecular formula is C14H17N3O3. The standard InChI is InChI=1S/C14H17N3O3/c18-14(16-6-5-11-8-15-9-13(11)16)7-10-3-1-2-4-12(10)17(19)20/h1-4,11,13,15H,5-9H2/t11-,13+/m0/s1. The Kier molecular flexibility index (Phi) is 3.40. The molecule has 0 radical (unpaired) electrons. The van der Waals surface area contributed by atoms with E-state index in [0.29, 0.717) is 11.5 Å². The Morgan fingerprint density at radius 3 is 3.00 bits per heavy atom. The number of hydrogen-bond donors (Lipinski definition) is 1. The molecule has 2 fully saturated rings. The highest BCUT2D eigenvalue weighted by molar-refractivity contribution is 5.80. The number of likely N-dealkylation sites (tertiary alicyclic amines) is 1. The van der Waals surface area contributed by atoms with Gasteiger partial charge in [0.15, 0.2) is 0 Å². The van der Waals surface area contributed by atoms with Crippen LogP contribution in [0.2, 0.25) is 0 Å². The van der Waals surface area contributed by atoms with Crippen LogP contribution < -0.4 is 5.32 Å². The van der Waals surface area contributed by atoms with Crippen molar-refractivity contribution >= 4 is 11.6 Å². The number of fused-ring (bicyclic) bond motifs is 1. The summed E-state index contributed by atoms with van der Waals surface area (Å²) in [5, 5.41) is 14.3. The van der Waals surface area contributed by atoms with E-state index in [-0.39, 0.29) is 24.1 Å². The van der Waals surface area contributed by atoms with Gasteiger partial charge in [-0.1, -0.05) is 18.2 Å². The zero-order valence-electron chi connectivity index (χ0n) is 11.1. The Bertz CT molecular complexity index is 546. The minimum absolute atomic E-state index is 0.00417. The normalized spacial score (nSPS) is 24.7. The molecule has 1 aromatic carbocycles. The summed E-state index contributed by atoms with van der Waals surface area (Å²) in [6.45, 7) is 2.59. The maximum atomic E-state index is 12.4. The molecule has 0 spiro atoms. The molecule has 2 aliphatic heterocycles. The minimum Gasteiger partial charge on any atom is -0.338 e. The van der Waals surface area contributed by atoms with E-state index in [9.17, 15) is 14.9 Å². The number of nitrogens with one attached hydrogen (secondary N) is 1. The van der Waals surface area contributed by atoms with Gasteiger partial charge < -0.3 is 10.2 Å². The number of rotatable bonds is 3. The van der Waals surface area contributed by atoms with Gasteiger partial charge in [0, 0.05) is 37.3 Å². The number of para-hydroxylation sites is 1. The summed E-state index contributed by atoms with van der Waals surface area (Å²) >= 11 is 0. The van der Waals surface area contributed by atoms with Gasteiger partial charge in [0.2, 0.25) is 5.91 Å². The topological polar surface area (TPSA) is 75.5 Å². The predicted octanol–water partition coefficient (Wildman–Crippen LogP) is 0.958. The van der Waals surface area contributed by atoms with E-state index >= 15 is 0 Å². The number of carbonyl (C=O) groups excluding carboxylic acids is 1. The second kappa shape index (κ2) is 5.20. The molecule has 0 saturated carbocycles. The molecule has 6 heteroatoms.